The van der Waals surface area contributed by atoms with E-state index < -0.39 is 5.91 Å². The highest BCUT2D eigenvalue weighted by atomic mass is 35.5. The maximum absolute atomic E-state index is 12.1. The van der Waals surface area contributed by atoms with E-state index in [2.05, 4.69) is 20.3 Å². The molecule has 0 atom stereocenters. The first-order valence-corrected chi connectivity index (χ1v) is 6.37. The van der Waals surface area contributed by atoms with E-state index >= 15 is 0 Å². The molecule has 2 heterocycles. The lowest BCUT2D eigenvalue weighted by atomic mass is 10.2. The van der Waals surface area contributed by atoms with Crippen LogP contribution in [0.4, 0.5) is 5.95 Å². The van der Waals surface area contributed by atoms with Gasteiger partial charge < -0.3 is 4.98 Å². The predicted molar refractivity (Wildman–Crippen MR) is 78.0 cm³/mol. The van der Waals surface area contributed by atoms with Gasteiger partial charge in [0.25, 0.3) is 5.91 Å². The SMILES string of the molecule is N#Cc1ccc2nc(NC(=O)c3cccnc3Cl)[nH]c2c1. The van der Waals surface area contributed by atoms with Gasteiger partial charge in [-0.3, -0.25) is 10.1 Å². The van der Waals surface area contributed by atoms with E-state index in [9.17, 15) is 4.79 Å². The van der Waals surface area contributed by atoms with Gasteiger partial charge in [-0.2, -0.15) is 5.26 Å². The summed E-state index contributed by atoms with van der Waals surface area (Å²) in [6, 6.07) is 10.3. The lowest BCUT2D eigenvalue weighted by Gasteiger charge is -2.02. The van der Waals surface area contributed by atoms with E-state index in [0.29, 0.717) is 16.6 Å². The molecule has 1 aromatic carbocycles. The van der Waals surface area contributed by atoms with Crippen molar-refractivity contribution in [1.29, 1.82) is 5.26 Å². The first-order chi connectivity index (χ1) is 10.2. The molecule has 21 heavy (non-hydrogen) atoms. The second-order valence-corrected chi connectivity index (χ2v) is 4.58. The molecule has 0 aliphatic rings. The standard InChI is InChI=1S/C14H8ClN5O/c15-12-9(2-1-5-17-12)13(21)20-14-18-10-4-3-8(7-16)6-11(10)19-14/h1-6H,(H2,18,19,20,21). The third-order valence-electron chi connectivity index (χ3n) is 2.85. The fourth-order valence-corrected chi connectivity index (χ4v) is 2.07. The van der Waals surface area contributed by atoms with Crippen molar-refractivity contribution in [2.45, 2.75) is 0 Å². The number of carbonyl (C=O) groups is 1. The Morgan fingerprint density at radius 3 is 3.00 bits per heavy atom. The molecular weight excluding hydrogens is 290 g/mol. The average molecular weight is 298 g/mol. The number of halogens is 1. The van der Waals surface area contributed by atoms with Crippen molar-refractivity contribution in [3.8, 4) is 6.07 Å². The summed E-state index contributed by atoms with van der Waals surface area (Å²) in [5.41, 5.74) is 2.10. The largest absolute Gasteiger partial charge is 0.324 e. The van der Waals surface area contributed by atoms with Crippen molar-refractivity contribution in [2.24, 2.45) is 0 Å². The fourth-order valence-electron chi connectivity index (χ4n) is 1.87. The number of amides is 1. The Hall–Kier alpha value is -2.91. The van der Waals surface area contributed by atoms with Crippen molar-refractivity contribution in [3.05, 3.63) is 52.8 Å². The molecule has 0 fully saturated rings. The minimum absolute atomic E-state index is 0.123. The zero-order valence-electron chi connectivity index (χ0n) is 10.6. The molecule has 0 saturated heterocycles. The third kappa shape index (κ3) is 2.55. The van der Waals surface area contributed by atoms with Gasteiger partial charge in [0.05, 0.1) is 28.2 Å². The Bertz CT molecular complexity index is 880. The normalized spacial score (nSPS) is 10.3. The van der Waals surface area contributed by atoms with Crippen LogP contribution in [0.15, 0.2) is 36.5 Å². The summed E-state index contributed by atoms with van der Waals surface area (Å²) in [6.07, 6.45) is 1.50. The molecule has 2 N–H and O–H groups in total. The van der Waals surface area contributed by atoms with E-state index in [-0.39, 0.29) is 16.7 Å². The van der Waals surface area contributed by atoms with Gasteiger partial charge in [-0.05, 0) is 30.3 Å². The van der Waals surface area contributed by atoms with Crippen LogP contribution in [-0.4, -0.2) is 20.9 Å². The minimum Gasteiger partial charge on any atom is -0.324 e. The summed E-state index contributed by atoms with van der Waals surface area (Å²) in [5.74, 6) is -0.127. The zero-order chi connectivity index (χ0) is 14.8. The molecule has 0 bridgehead atoms. The number of aromatic amines is 1. The number of fused-ring (bicyclic) bond motifs is 1. The van der Waals surface area contributed by atoms with Crippen LogP contribution in [0.5, 0.6) is 0 Å². The highest BCUT2D eigenvalue weighted by Crippen LogP contribution is 2.17. The molecular formula is C14H8ClN5O. The maximum atomic E-state index is 12.1. The summed E-state index contributed by atoms with van der Waals surface area (Å²) in [7, 11) is 0. The van der Waals surface area contributed by atoms with Gasteiger partial charge in [0.1, 0.15) is 5.15 Å². The van der Waals surface area contributed by atoms with Crippen LogP contribution >= 0.6 is 11.6 Å². The molecule has 102 valence electrons. The van der Waals surface area contributed by atoms with Crippen LogP contribution in [0.1, 0.15) is 15.9 Å². The van der Waals surface area contributed by atoms with Crippen molar-refractivity contribution in [1.82, 2.24) is 15.0 Å². The van der Waals surface area contributed by atoms with Crippen LogP contribution in [0, 0.1) is 11.3 Å². The van der Waals surface area contributed by atoms with E-state index in [1.807, 2.05) is 6.07 Å². The molecule has 0 unspecified atom stereocenters. The number of nitriles is 1. The Kier molecular flexibility index (Phi) is 3.26. The quantitative estimate of drug-likeness (QED) is 0.711. The van der Waals surface area contributed by atoms with E-state index in [4.69, 9.17) is 16.9 Å². The third-order valence-corrected chi connectivity index (χ3v) is 3.15. The lowest BCUT2D eigenvalue weighted by Crippen LogP contribution is -2.13. The molecule has 1 amide bonds. The molecule has 7 heteroatoms. The van der Waals surface area contributed by atoms with Crippen LogP contribution < -0.4 is 5.32 Å². The van der Waals surface area contributed by atoms with E-state index in [1.54, 1.807) is 30.3 Å². The molecule has 3 aromatic rings. The number of H-pyrrole nitrogens is 1. The Labute approximate surface area is 124 Å². The molecule has 6 nitrogen and oxygen atoms in total. The fraction of sp³-hybridized carbons (Fsp3) is 0. The molecule has 2 aromatic heterocycles. The number of imidazole rings is 1. The Morgan fingerprint density at radius 1 is 1.38 bits per heavy atom. The summed E-state index contributed by atoms with van der Waals surface area (Å²) >= 11 is 5.87. The van der Waals surface area contributed by atoms with Gasteiger partial charge in [-0.25, -0.2) is 9.97 Å². The van der Waals surface area contributed by atoms with E-state index in [1.165, 1.54) is 6.20 Å². The second-order valence-electron chi connectivity index (χ2n) is 4.23. The van der Waals surface area contributed by atoms with Crippen LogP contribution in [0.2, 0.25) is 5.15 Å². The maximum Gasteiger partial charge on any atom is 0.261 e. The first-order valence-electron chi connectivity index (χ1n) is 5.99. The highest BCUT2D eigenvalue weighted by Gasteiger charge is 2.13. The number of benzene rings is 1. The van der Waals surface area contributed by atoms with Gasteiger partial charge in [0, 0.05) is 6.20 Å². The molecule has 0 saturated carbocycles. The summed E-state index contributed by atoms with van der Waals surface area (Å²) < 4.78 is 0. The lowest BCUT2D eigenvalue weighted by molar-refractivity contribution is 0.102. The monoisotopic (exact) mass is 297 g/mol. The van der Waals surface area contributed by atoms with Crippen molar-refractivity contribution >= 4 is 34.5 Å². The Morgan fingerprint density at radius 2 is 2.24 bits per heavy atom. The van der Waals surface area contributed by atoms with Crippen LogP contribution in [0.3, 0.4) is 0 Å². The van der Waals surface area contributed by atoms with Gasteiger partial charge >= 0.3 is 0 Å². The highest BCUT2D eigenvalue weighted by molar-refractivity contribution is 6.33. The van der Waals surface area contributed by atoms with Crippen LogP contribution in [0.25, 0.3) is 11.0 Å². The number of anilines is 1. The molecule has 3 rings (SSSR count). The first kappa shape index (κ1) is 13.1. The smallest absolute Gasteiger partial charge is 0.261 e. The minimum atomic E-state index is -0.410. The predicted octanol–water partition coefficient (Wildman–Crippen LogP) is 2.74. The van der Waals surface area contributed by atoms with Crippen molar-refractivity contribution < 1.29 is 4.79 Å². The summed E-state index contributed by atoms with van der Waals surface area (Å²) in [4.78, 5) is 23.1. The van der Waals surface area contributed by atoms with Crippen LogP contribution in [-0.2, 0) is 0 Å². The van der Waals surface area contributed by atoms with Crippen molar-refractivity contribution in [2.75, 3.05) is 5.32 Å². The number of pyridine rings is 1. The summed E-state index contributed by atoms with van der Waals surface area (Å²) in [6.45, 7) is 0. The van der Waals surface area contributed by atoms with E-state index in [0.717, 1.165) is 0 Å². The van der Waals surface area contributed by atoms with Crippen molar-refractivity contribution in [3.63, 3.8) is 0 Å². The molecule has 0 aliphatic carbocycles. The number of nitrogens with one attached hydrogen (secondary N) is 2. The number of rotatable bonds is 2. The van der Waals surface area contributed by atoms with Gasteiger partial charge in [0.15, 0.2) is 0 Å². The molecule has 0 spiro atoms. The number of hydrogen-bond donors (Lipinski definition) is 2. The van der Waals surface area contributed by atoms with Gasteiger partial charge in [-0.1, -0.05) is 11.6 Å². The number of hydrogen-bond acceptors (Lipinski definition) is 4. The topological polar surface area (TPSA) is 94.5 Å². The zero-order valence-corrected chi connectivity index (χ0v) is 11.3. The number of carbonyl (C=O) groups excluding carboxylic acids is 1. The molecule has 0 radical (unpaired) electrons. The van der Waals surface area contributed by atoms with Gasteiger partial charge in [-0.15, -0.1) is 0 Å². The number of nitrogens with zero attached hydrogens (tertiary/aromatic N) is 3. The summed E-state index contributed by atoms with van der Waals surface area (Å²) in [5, 5.41) is 11.6. The second kappa shape index (κ2) is 5.23. The molecule has 0 aliphatic heterocycles. The van der Waals surface area contributed by atoms with Gasteiger partial charge in [0.2, 0.25) is 5.95 Å². The average Bonchev–Trinajstić information content (AvgIpc) is 2.88. The Balaban J connectivity index is 1.90. The number of aromatic nitrogens is 3.